The molecule has 0 unspecified atom stereocenters. The van der Waals surface area contributed by atoms with Gasteiger partial charge in [-0.15, -0.1) is 0 Å². The normalized spacial score (nSPS) is 11.2. The van der Waals surface area contributed by atoms with Crippen molar-refractivity contribution in [3.8, 4) is 28.5 Å². The number of nitrogens with zero attached hydrogens (tertiary/aromatic N) is 2. The number of nitrogen functional groups attached to an aromatic ring is 1. The lowest BCUT2D eigenvalue weighted by atomic mass is 9.86. The van der Waals surface area contributed by atoms with Gasteiger partial charge in [0.15, 0.2) is 0 Å². The van der Waals surface area contributed by atoms with E-state index in [2.05, 4.69) is 59.9 Å². The summed E-state index contributed by atoms with van der Waals surface area (Å²) in [5.41, 5.74) is 11.3. The average Bonchev–Trinajstić information content (AvgIpc) is 2.61. The summed E-state index contributed by atoms with van der Waals surface area (Å²) >= 11 is 3.44. The van der Waals surface area contributed by atoms with Crippen molar-refractivity contribution in [2.45, 2.75) is 26.2 Å². The molecule has 2 aromatic carbocycles. The second-order valence-electron chi connectivity index (χ2n) is 7.26. The van der Waals surface area contributed by atoms with Crippen LogP contribution < -0.4 is 5.73 Å². The van der Waals surface area contributed by atoms with Crippen LogP contribution in [0.3, 0.4) is 0 Å². The Balaban J connectivity index is 2.14. The molecule has 0 aliphatic carbocycles. The van der Waals surface area contributed by atoms with Gasteiger partial charge in [0, 0.05) is 15.6 Å². The van der Waals surface area contributed by atoms with Crippen LogP contribution in [0.2, 0.25) is 0 Å². The predicted molar refractivity (Wildman–Crippen MR) is 111 cm³/mol. The first-order chi connectivity index (χ1) is 12.3. The lowest BCUT2D eigenvalue weighted by molar-refractivity contribution is 0.590. The average molecular weight is 406 g/mol. The largest absolute Gasteiger partial charge is 0.383 e. The summed E-state index contributed by atoms with van der Waals surface area (Å²) in [6.07, 6.45) is 0. The zero-order valence-corrected chi connectivity index (χ0v) is 16.6. The van der Waals surface area contributed by atoms with Gasteiger partial charge in [-0.1, -0.05) is 73.1 Å². The van der Waals surface area contributed by atoms with Gasteiger partial charge in [0.05, 0.1) is 5.69 Å². The standard InChI is InChI=1S/C22H20BrN3/c1-22(2,3)16-8-4-14(5-9-16)18-12-20(26-21(25)19(18)13-24)15-6-10-17(23)11-7-15/h4-12H,1-3H3,(H2,25,26). The Bertz CT molecular complexity index is 976. The van der Waals surface area contributed by atoms with E-state index in [9.17, 15) is 5.26 Å². The minimum Gasteiger partial charge on any atom is -0.383 e. The summed E-state index contributed by atoms with van der Waals surface area (Å²) in [6, 6.07) is 20.3. The van der Waals surface area contributed by atoms with E-state index in [-0.39, 0.29) is 11.2 Å². The number of halogens is 1. The van der Waals surface area contributed by atoms with Gasteiger partial charge in [-0.2, -0.15) is 5.26 Å². The highest BCUT2D eigenvalue weighted by Crippen LogP contribution is 2.33. The molecule has 0 saturated carbocycles. The van der Waals surface area contributed by atoms with Crippen molar-refractivity contribution < 1.29 is 0 Å². The van der Waals surface area contributed by atoms with Gasteiger partial charge >= 0.3 is 0 Å². The van der Waals surface area contributed by atoms with Crippen molar-refractivity contribution in [3.05, 3.63) is 70.2 Å². The Morgan fingerprint density at radius 3 is 2.08 bits per heavy atom. The van der Waals surface area contributed by atoms with Crippen LogP contribution in [-0.4, -0.2) is 4.98 Å². The van der Waals surface area contributed by atoms with E-state index < -0.39 is 0 Å². The summed E-state index contributed by atoms with van der Waals surface area (Å²) in [4.78, 5) is 4.43. The van der Waals surface area contributed by atoms with E-state index in [0.717, 1.165) is 26.9 Å². The summed E-state index contributed by atoms with van der Waals surface area (Å²) < 4.78 is 1.00. The third-order valence-corrected chi connectivity index (χ3v) is 4.89. The number of pyridine rings is 1. The first-order valence-electron chi connectivity index (χ1n) is 8.37. The maximum atomic E-state index is 9.57. The topological polar surface area (TPSA) is 62.7 Å². The second-order valence-corrected chi connectivity index (χ2v) is 8.18. The highest BCUT2D eigenvalue weighted by Gasteiger charge is 2.16. The molecule has 0 aliphatic rings. The number of anilines is 1. The van der Waals surface area contributed by atoms with Crippen LogP contribution in [0.25, 0.3) is 22.4 Å². The molecule has 3 aromatic rings. The fraction of sp³-hybridized carbons (Fsp3) is 0.182. The summed E-state index contributed by atoms with van der Waals surface area (Å²) in [5, 5.41) is 9.57. The van der Waals surface area contributed by atoms with Gasteiger partial charge in [-0.25, -0.2) is 4.98 Å². The van der Waals surface area contributed by atoms with Crippen molar-refractivity contribution in [1.29, 1.82) is 5.26 Å². The van der Waals surface area contributed by atoms with E-state index in [4.69, 9.17) is 5.73 Å². The number of nitriles is 1. The molecule has 0 bridgehead atoms. The molecule has 0 saturated heterocycles. The molecule has 1 heterocycles. The molecule has 0 atom stereocenters. The van der Waals surface area contributed by atoms with Crippen LogP contribution in [0, 0.1) is 11.3 Å². The number of rotatable bonds is 2. The highest BCUT2D eigenvalue weighted by atomic mass is 79.9. The summed E-state index contributed by atoms with van der Waals surface area (Å²) in [5.74, 6) is 0.253. The van der Waals surface area contributed by atoms with Crippen LogP contribution in [0.5, 0.6) is 0 Å². The smallest absolute Gasteiger partial charge is 0.142 e. The van der Waals surface area contributed by atoms with E-state index >= 15 is 0 Å². The van der Waals surface area contributed by atoms with E-state index in [1.54, 1.807) is 0 Å². The first kappa shape index (κ1) is 18.2. The molecule has 3 rings (SSSR count). The molecule has 130 valence electrons. The molecule has 0 amide bonds. The van der Waals surface area contributed by atoms with E-state index in [1.165, 1.54) is 5.56 Å². The molecule has 0 radical (unpaired) electrons. The van der Waals surface area contributed by atoms with Crippen LogP contribution >= 0.6 is 15.9 Å². The Morgan fingerprint density at radius 2 is 1.54 bits per heavy atom. The van der Waals surface area contributed by atoms with E-state index in [1.807, 2.05) is 42.5 Å². The van der Waals surface area contributed by atoms with Gasteiger partial charge < -0.3 is 5.73 Å². The lowest BCUT2D eigenvalue weighted by Gasteiger charge is -2.19. The number of hydrogen-bond donors (Lipinski definition) is 1. The highest BCUT2D eigenvalue weighted by molar-refractivity contribution is 9.10. The molecule has 3 nitrogen and oxygen atoms in total. The predicted octanol–water partition coefficient (Wildman–Crippen LogP) is 5.93. The fourth-order valence-electron chi connectivity index (χ4n) is 2.83. The van der Waals surface area contributed by atoms with Crippen molar-refractivity contribution in [3.63, 3.8) is 0 Å². The Kier molecular flexibility index (Phi) is 4.84. The van der Waals surface area contributed by atoms with E-state index in [0.29, 0.717) is 5.56 Å². The first-order valence-corrected chi connectivity index (χ1v) is 9.16. The minimum atomic E-state index is 0.0798. The Labute approximate surface area is 162 Å². The molecule has 0 aliphatic heterocycles. The van der Waals surface area contributed by atoms with Crippen LogP contribution in [-0.2, 0) is 5.41 Å². The quantitative estimate of drug-likeness (QED) is 0.574. The molecule has 0 spiro atoms. The molecule has 2 N–H and O–H groups in total. The number of nitrogens with two attached hydrogens (primary N) is 1. The van der Waals surface area contributed by atoms with Crippen LogP contribution in [0.1, 0.15) is 31.9 Å². The van der Waals surface area contributed by atoms with Crippen LogP contribution in [0.4, 0.5) is 5.82 Å². The zero-order chi connectivity index (χ0) is 18.9. The monoisotopic (exact) mass is 405 g/mol. The van der Waals surface area contributed by atoms with Gasteiger partial charge in [0.2, 0.25) is 0 Å². The van der Waals surface area contributed by atoms with Gasteiger partial charge in [-0.05, 0) is 34.7 Å². The van der Waals surface area contributed by atoms with Crippen molar-refractivity contribution in [2.24, 2.45) is 0 Å². The third kappa shape index (κ3) is 3.63. The van der Waals surface area contributed by atoms with Crippen molar-refractivity contribution >= 4 is 21.7 Å². The van der Waals surface area contributed by atoms with Gasteiger partial charge in [-0.3, -0.25) is 0 Å². The maximum Gasteiger partial charge on any atom is 0.142 e. The van der Waals surface area contributed by atoms with Crippen molar-refractivity contribution in [1.82, 2.24) is 4.98 Å². The maximum absolute atomic E-state index is 9.57. The lowest BCUT2D eigenvalue weighted by Crippen LogP contribution is -2.10. The Hall–Kier alpha value is -2.64. The molecule has 0 fully saturated rings. The Morgan fingerprint density at radius 1 is 0.962 bits per heavy atom. The van der Waals surface area contributed by atoms with Crippen molar-refractivity contribution in [2.75, 3.05) is 5.73 Å². The zero-order valence-electron chi connectivity index (χ0n) is 15.0. The molecule has 4 heteroatoms. The SMILES string of the molecule is CC(C)(C)c1ccc(-c2cc(-c3ccc(Br)cc3)nc(N)c2C#N)cc1. The molecular weight excluding hydrogens is 386 g/mol. The number of aromatic nitrogens is 1. The molecular formula is C22H20BrN3. The second kappa shape index (κ2) is 6.93. The van der Waals surface area contributed by atoms with Gasteiger partial charge in [0.1, 0.15) is 17.5 Å². The minimum absolute atomic E-state index is 0.0798. The molecule has 26 heavy (non-hydrogen) atoms. The van der Waals surface area contributed by atoms with Crippen LogP contribution in [0.15, 0.2) is 59.1 Å². The number of benzene rings is 2. The summed E-state index contributed by atoms with van der Waals surface area (Å²) in [6.45, 7) is 6.54. The van der Waals surface area contributed by atoms with Gasteiger partial charge in [0.25, 0.3) is 0 Å². The fourth-order valence-corrected chi connectivity index (χ4v) is 3.09. The third-order valence-electron chi connectivity index (χ3n) is 4.36. The molecule has 1 aromatic heterocycles. The number of hydrogen-bond acceptors (Lipinski definition) is 3. The summed E-state index contributed by atoms with van der Waals surface area (Å²) in [7, 11) is 0.